The van der Waals surface area contributed by atoms with Crippen molar-refractivity contribution in [2.24, 2.45) is 4.99 Å². The van der Waals surface area contributed by atoms with Gasteiger partial charge in [-0.25, -0.2) is 0 Å². The third kappa shape index (κ3) is 8.92. The van der Waals surface area contributed by atoms with Gasteiger partial charge in [-0.2, -0.15) is 0 Å². The van der Waals surface area contributed by atoms with Crippen molar-refractivity contribution in [3.8, 4) is 0 Å². The number of nitrogens with zero attached hydrogens (tertiary/aromatic N) is 2. The Bertz CT molecular complexity index is 568. The number of rotatable bonds is 9. The number of likely N-dealkylation sites (tertiary alicyclic amines) is 1. The molecule has 1 fully saturated rings. The maximum absolute atomic E-state index is 11.3. The highest BCUT2D eigenvalue weighted by molar-refractivity contribution is 14.0. The topological polar surface area (TPSA) is 66.0 Å². The summed E-state index contributed by atoms with van der Waals surface area (Å²) in [4.78, 5) is 18.2. The minimum Gasteiger partial charge on any atom is -0.466 e. The van der Waals surface area contributed by atoms with E-state index >= 15 is 0 Å². The van der Waals surface area contributed by atoms with Gasteiger partial charge in [-0.1, -0.05) is 30.3 Å². The van der Waals surface area contributed by atoms with Crippen molar-refractivity contribution >= 4 is 35.9 Å². The van der Waals surface area contributed by atoms with Gasteiger partial charge in [-0.05, 0) is 38.3 Å². The van der Waals surface area contributed by atoms with Gasteiger partial charge < -0.3 is 15.4 Å². The molecule has 1 aliphatic rings. The van der Waals surface area contributed by atoms with Gasteiger partial charge in [-0.3, -0.25) is 14.7 Å². The molecule has 1 atom stereocenters. The molecule has 1 unspecified atom stereocenters. The molecule has 1 saturated heterocycles. The molecule has 0 radical (unpaired) electrons. The number of ether oxygens (including phenoxy) is 1. The molecule has 1 heterocycles. The first-order chi connectivity index (χ1) is 12.7. The number of carbonyl (C=O) groups excluding carboxylic acids is 1. The van der Waals surface area contributed by atoms with E-state index in [0.717, 1.165) is 32.0 Å². The molecular weight excluding hydrogens is 455 g/mol. The Kier molecular flexibility index (Phi) is 12.1. The first-order valence-electron chi connectivity index (χ1n) is 9.61. The number of guanidine groups is 1. The molecule has 0 aliphatic carbocycles. The lowest BCUT2D eigenvalue weighted by Gasteiger charge is -2.25. The fourth-order valence-corrected chi connectivity index (χ4v) is 3.26. The first kappa shape index (κ1) is 23.7. The predicted octanol–water partition coefficient (Wildman–Crippen LogP) is 2.78. The van der Waals surface area contributed by atoms with Gasteiger partial charge in [0.05, 0.1) is 6.61 Å². The summed E-state index contributed by atoms with van der Waals surface area (Å²) in [5.41, 5.74) is 1.36. The second-order valence-electron chi connectivity index (χ2n) is 6.54. The van der Waals surface area contributed by atoms with Crippen molar-refractivity contribution in [2.75, 3.05) is 33.3 Å². The summed E-state index contributed by atoms with van der Waals surface area (Å²) in [6, 6.07) is 11.2. The van der Waals surface area contributed by atoms with Crippen LogP contribution in [0.15, 0.2) is 35.3 Å². The average Bonchev–Trinajstić information content (AvgIpc) is 3.09. The van der Waals surface area contributed by atoms with Crippen molar-refractivity contribution in [1.82, 2.24) is 15.5 Å². The summed E-state index contributed by atoms with van der Waals surface area (Å²) in [6.07, 6.45) is 3.62. The highest BCUT2D eigenvalue weighted by Gasteiger charge is 2.24. The molecule has 152 valence electrons. The Hall–Kier alpha value is -1.35. The zero-order valence-electron chi connectivity index (χ0n) is 16.4. The maximum atomic E-state index is 11.3. The molecule has 1 aromatic rings. The largest absolute Gasteiger partial charge is 0.466 e. The van der Waals surface area contributed by atoms with Gasteiger partial charge in [-0.15, -0.1) is 24.0 Å². The molecule has 0 bridgehead atoms. The molecule has 1 aromatic carbocycles. The lowest BCUT2D eigenvalue weighted by Crippen LogP contribution is -2.45. The number of hydrogen-bond donors (Lipinski definition) is 2. The Morgan fingerprint density at radius 3 is 2.78 bits per heavy atom. The first-order valence-corrected chi connectivity index (χ1v) is 9.61. The molecule has 0 aromatic heterocycles. The van der Waals surface area contributed by atoms with Gasteiger partial charge in [0.1, 0.15) is 0 Å². The summed E-state index contributed by atoms with van der Waals surface area (Å²) in [6.45, 7) is 6.00. The van der Waals surface area contributed by atoms with E-state index in [4.69, 9.17) is 4.74 Å². The highest BCUT2D eigenvalue weighted by atomic mass is 127. The maximum Gasteiger partial charge on any atom is 0.305 e. The molecule has 1 aliphatic heterocycles. The van der Waals surface area contributed by atoms with Crippen LogP contribution in [0.3, 0.4) is 0 Å². The molecular formula is C20H33IN4O2. The zero-order valence-corrected chi connectivity index (χ0v) is 18.8. The van der Waals surface area contributed by atoms with Crippen molar-refractivity contribution < 1.29 is 9.53 Å². The van der Waals surface area contributed by atoms with E-state index in [-0.39, 0.29) is 29.9 Å². The van der Waals surface area contributed by atoms with Crippen LogP contribution in [-0.2, 0) is 16.1 Å². The third-order valence-corrected chi connectivity index (χ3v) is 4.61. The van der Waals surface area contributed by atoms with Crippen molar-refractivity contribution in [3.05, 3.63) is 35.9 Å². The quantitative estimate of drug-likeness (QED) is 0.184. The van der Waals surface area contributed by atoms with E-state index in [0.29, 0.717) is 25.6 Å². The minimum absolute atomic E-state index is 0. The Morgan fingerprint density at radius 1 is 1.30 bits per heavy atom. The third-order valence-electron chi connectivity index (χ3n) is 4.61. The molecule has 2 rings (SSSR count). The van der Waals surface area contributed by atoms with Crippen LogP contribution in [0.2, 0.25) is 0 Å². The second kappa shape index (κ2) is 13.8. The number of halogens is 1. The van der Waals surface area contributed by atoms with Gasteiger partial charge in [0, 0.05) is 39.1 Å². The zero-order chi connectivity index (χ0) is 18.6. The Morgan fingerprint density at radius 2 is 2.07 bits per heavy atom. The highest BCUT2D eigenvalue weighted by Crippen LogP contribution is 2.19. The van der Waals surface area contributed by atoms with E-state index in [2.05, 4.69) is 50.9 Å². The van der Waals surface area contributed by atoms with Gasteiger partial charge in [0.2, 0.25) is 0 Å². The predicted molar refractivity (Wildman–Crippen MR) is 121 cm³/mol. The smallest absolute Gasteiger partial charge is 0.305 e. The average molecular weight is 488 g/mol. The standard InChI is InChI=1S/C20H32N4O2.HI/c1-3-26-19(25)12-7-13-22-20(21-2)23-15-18-11-8-14-24(18)16-17-9-5-4-6-10-17;/h4-6,9-10,18H,3,7-8,11-16H2,1-2H3,(H2,21,22,23);1H. The van der Waals surface area contributed by atoms with E-state index in [1.54, 1.807) is 7.05 Å². The van der Waals surface area contributed by atoms with Crippen LogP contribution in [0.5, 0.6) is 0 Å². The Balaban J connectivity index is 0.00000364. The molecule has 7 heteroatoms. The fraction of sp³-hybridized carbons (Fsp3) is 0.600. The number of hydrogen-bond acceptors (Lipinski definition) is 4. The number of nitrogens with one attached hydrogen (secondary N) is 2. The van der Waals surface area contributed by atoms with E-state index in [1.165, 1.54) is 18.4 Å². The number of carbonyl (C=O) groups is 1. The van der Waals surface area contributed by atoms with Crippen molar-refractivity contribution in [1.29, 1.82) is 0 Å². The second-order valence-corrected chi connectivity index (χ2v) is 6.54. The fourth-order valence-electron chi connectivity index (χ4n) is 3.26. The summed E-state index contributed by atoms with van der Waals surface area (Å²) in [5, 5.41) is 6.69. The molecule has 0 amide bonds. The van der Waals surface area contributed by atoms with E-state index in [9.17, 15) is 4.79 Å². The van der Waals surface area contributed by atoms with Gasteiger partial charge in [0.25, 0.3) is 0 Å². The lowest BCUT2D eigenvalue weighted by atomic mass is 10.2. The van der Waals surface area contributed by atoms with Crippen LogP contribution in [0.25, 0.3) is 0 Å². The van der Waals surface area contributed by atoms with Crippen molar-refractivity contribution in [3.63, 3.8) is 0 Å². The summed E-state index contributed by atoms with van der Waals surface area (Å²) in [7, 11) is 1.77. The molecule has 6 nitrogen and oxygen atoms in total. The minimum atomic E-state index is -0.139. The monoisotopic (exact) mass is 488 g/mol. The van der Waals surface area contributed by atoms with E-state index < -0.39 is 0 Å². The number of esters is 1. The van der Waals surface area contributed by atoms with Gasteiger partial charge in [0.15, 0.2) is 5.96 Å². The summed E-state index contributed by atoms with van der Waals surface area (Å²) < 4.78 is 4.93. The lowest BCUT2D eigenvalue weighted by molar-refractivity contribution is -0.143. The summed E-state index contributed by atoms with van der Waals surface area (Å²) in [5.74, 6) is 0.653. The van der Waals surface area contributed by atoms with Crippen LogP contribution in [0.1, 0.15) is 38.2 Å². The summed E-state index contributed by atoms with van der Waals surface area (Å²) >= 11 is 0. The van der Waals surface area contributed by atoms with Gasteiger partial charge >= 0.3 is 5.97 Å². The Labute approximate surface area is 180 Å². The van der Waals surface area contributed by atoms with Crippen LogP contribution in [0.4, 0.5) is 0 Å². The van der Waals surface area contributed by atoms with Crippen LogP contribution < -0.4 is 10.6 Å². The van der Waals surface area contributed by atoms with Crippen LogP contribution >= 0.6 is 24.0 Å². The molecule has 0 saturated carbocycles. The molecule has 27 heavy (non-hydrogen) atoms. The van der Waals surface area contributed by atoms with Crippen molar-refractivity contribution in [2.45, 2.75) is 45.2 Å². The number of benzene rings is 1. The molecule has 2 N–H and O–H groups in total. The SMILES string of the molecule is CCOC(=O)CCCNC(=NC)NCC1CCCN1Cc1ccccc1.I. The van der Waals surface area contributed by atoms with E-state index in [1.807, 2.05) is 6.92 Å². The normalized spacial score (nSPS) is 17.3. The molecule has 0 spiro atoms. The number of aliphatic imine (C=N–C) groups is 1. The van der Waals surface area contributed by atoms with Crippen LogP contribution in [-0.4, -0.2) is 56.2 Å². The van der Waals surface area contributed by atoms with Crippen LogP contribution in [0, 0.1) is 0 Å².